The van der Waals surface area contributed by atoms with Gasteiger partial charge in [0, 0.05) is 22.1 Å². The van der Waals surface area contributed by atoms with E-state index in [2.05, 4.69) is 26.2 Å². The Hall–Kier alpha value is -2.34. The lowest BCUT2D eigenvalue weighted by molar-refractivity contribution is -0.121. The van der Waals surface area contributed by atoms with E-state index in [-0.39, 0.29) is 23.6 Å². The number of nitrogens with zero attached hydrogens (tertiary/aromatic N) is 1. The van der Waals surface area contributed by atoms with Gasteiger partial charge in [0.15, 0.2) is 0 Å². The molecule has 2 aromatic carbocycles. The van der Waals surface area contributed by atoms with Gasteiger partial charge in [0.25, 0.3) is 0 Å². The van der Waals surface area contributed by atoms with Crippen molar-refractivity contribution in [3.8, 4) is 0 Å². The number of aromatic amines is 1. The maximum atomic E-state index is 12.8. The Labute approximate surface area is 172 Å². The fourth-order valence-corrected chi connectivity index (χ4v) is 4.65. The summed E-state index contributed by atoms with van der Waals surface area (Å²) < 4.78 is 2.75. The molecule has 1 aliphatic carbocycles. The van der Waals surface area contributed by atoms with Crippen LogP contribution in [0.15, 0.2) is 45.7 Å². The van der Waals surface area contributed by atoms with Crippen LogP contribution in [0.2, 0.25) is 0 Å². The van der Waals surface area contributed by atoms with Gasteiger partial charge in [-0.2, -0.15) is 0 Å². The number of anilines is 1. The number of carbonyl (C=O) groups is 1. The molecular formula is C22H24BrN3O2. The first-order chi connectivity index (χ1) is 13.5. The third kappa shape index (κ3) is 3.41. The number of rotatable bonds is 3. The molecule has 3 aromatic rings. The van der Waals surface area contributed by atoms with Crippen LogP contribution in [-0.2, 0) is 4.79 Å². The number of benzene rings is 2. The van der Waals surface area contributed by atoms with E-state index in [1.807, 2.05) is 54.8 Å². The number of hydrogen-bond acceptors (Lipinski definition) is 2. The topological polar surface area (TPSA) is 66.9 Å². The standard InChI is InChI=1S/C22H24BrN3O2/c1-13-5-3-7-18(14(13)2)24-21(27)15-9-11-16(12-10-15)26-19-8-4-6-17(23)20(19)25-22(26)28/h3-8,15-16H,9-12H2,1-2H3,(H,24,27)(H,25,28)/t15-,16+. The van der Waals surface area contributed by atoms with E-state index in [1.165, 1.54) is 5.56 Å². The van der Waals surface area contributed by atoms with Gasteiger partial charge in [-0.1, -0.05) is 18.2 Å². The van der Waals surface area contributed by atoms with Crippen LogP contribution in [0, 0.1) is 19.8 Å². The van der Waals surface area contributed by atoms with Crippen molar-refractivity contribution in [3.63, 3.8) is 0 Å². The highest BCUT2D eigenvalue weighted by Gasteiger charge is 2.29. The molecule has 0 bridgehead atoms. The Bertz CT molecular complexity index is 1090. The Morgan fingerprint density at radius 3 is 2.57 bits per heavy atom. The number of para-hydroxylation sites is 1. The predicted octanol–water partition coefficient (Wildman–Crippen LogP) is 5.08. The SMILES string of the molecule is Cc1cccc(NC(=O)[C@H]2CC[C@@H](n3c(=O)[nH]c4c(Br)cccc43)CC2)c1C. The molecule has 28 heavy (non-hydrogen) atoms. The van der Waals surface area contributed by atoms with Crippen molar-refractivity contribution in [1.29, 1.82) is 0 Å². The lowest BCUT2D eigenvalue weighted by atomic mass is 9.85. The van der Waals surface area contributed by atoms with E-state index < -0.39 is 0 Å². The number of aromatic nitrogens is 2. The van der Waals surface area contributed by atoms with Crippen LogP contribution < -0.4 is 11.0 Å². The van der Waals surface area contributed by atoms with Crippen LogP contribution >= 0.6 is 15.9 Å². The quantitative estimate of drug-likeness (QED) is 0.594. The molecule has 0 saturated heterocycles. The van der Waals surface area contributed by atoms with Crippen molar-refractivity contribution in [2.75, 3.05) is 5.32 Å². The second kappa shape index (κ2) is 7.59. The number of imidazole rings is 1. The van der Waals surface area contributed by atoms with E-state index in [0.29, 0.717) is 0 Å². The highest BCUT2D eigenvalue weighted by atomic mass is 79.9. The minimum Gasteiger partial charge on any atom is -0.326 e. The highest BCUT2D eigenvalue weighted by molar-refractivity contribution is 9.10. The molecule has 5 nitrogen and oxygen atoms in total. The third-order valence-corrected chi connectivity index (χ3v) is 6.66. The number of aryl methyl sites for hydroxylation is 1. The summed E-state index contributed by atoms with van der Waals surface area (Å²) in [5, 5.41) is 3.10. The van der Waals surface area contributed by atoms with Gasteiger partial charge in [0.1, 0.15) is 0 Å². The minimum absolute atomic E-state index is 0.0104. The fourth-order valence-electron chi connectivity index (χ4n) is 4.19. The monoisotopic (exact) mass is 441 g/mol. The zero-order valence-electron chi connectivity index (χ0n) is 16.1. The number of hydrogen-bond donors (Lipinski definition) is 2. The molecule has 0 radical (unpaired) electrons. The van der Waals surface area contributed by atoms with Crippen LogP contribution in [-0.4, -0.2) is 15.5 Å². The van der Waals surface area contributed by atoms with E-state index in [0.717, 1.165) is 52.4 Å². The van der Waals surface area contributed by atoms with E-state index in [9.17, 15) is 9.59 Å². The van der Waals surface area contributed by atoms with Crippen molar-refractivity contribution in [2.24, 2.45) is 5.92 Å². The molecule has 1 fully saturated rings. The molecule has 6 heteroatoms. The second-order valence-electron chi connectivity index (χ2n) is 7.68. The van der Waals surface area contributed by atoms with Gasteiger partial charge < -0.3 is 10.3 Å². The van der Waals surface area contributed by atoms with E-state index in [4.69, 9.17) is 0 Å². The van der Waals surface area contributed by atoms with Crippen molar-refractivity contribution in [2.45, 2.75) is 45.6 Å². The Balaban J connectivity index is 1.47. The molecule has 0 unspecified atom stereocenters. The summed E-state index contributed by atoms with van der Waals surface area (Å²) in [6.45, 7) is 4.08. The molecule has 146 valence electrons. The number of amides is 1. The average Bonchev–Trinajstić information content (AvgIpc) is 3.03. The number of halogens is 1. The second-order valence-corrected chi connectivity index (χ2v) is 8.53. The zero-order chi connectivity index (χ0) is 19.8. The van der Waals surface area contributed by atoms with Gasteiger partial charge in [-0.25, -0.2) is 4.79 Å². The van der Waals surface area contributed by atoms with Crippen LogP contribution in [0.25, 0.3) is 11.0 Å². The number of H-pyrrole nitrogens is 1. The normalized spacial score (nSPS) is 19.7. The molecule has 1 heterocycles. The first kappa shape index (κ1) is 19.0. The molecule has 0 atom stereocenters. The molecular weight excluding hydrogens is 418 g/mol. The third-order valence-electron chi connectivity index (χ3n) is 6.00. The fraction of sp³-hybridized carbons (Fsp3) is 0.364. The molecule has 0 spiro atoms. The smallest absolute Gasteiger partial charge is 0.326 e. The number of nitrogens with one attached hydrogen (secondary N) is 2. The lowest BCUT2D eigenvalue weighted by Gasteiger charge is -2.28. The van der Waals surface area contributed by atoms with Crippen molar-refractivity contribution >= 4 is 38.6 Å². The number of fused-ring (bicyclic) bond motifs is 1. The lowest BCUT2D eigenvalue weighted by Crippen LogP contribution is -2.31. The molecule has 4 rings (SSSR count). The Morgan fingerprint density at radius 1 is 1.11 bits per heavy atom. The summed E-state index contributed by atoms with van der Waals surface area (Å²) >= 11 is 3.50. The van der Waals surface area contributed by atoms with Gasteiger partial charge >= 0.3 is 5.69 Å². The summed E-state index contributed by atoms with van der Waals surface area (Å²) in [6.07, 6.45) is 3.22. The molecule has 0 aliphatic heterocycles. The van der Waals surface area contributed by atoms with Crippen molar-refractivity contribution < 1.29 is 4.79 Å². The van der Waals surface area contributed by atoms with Crippen LogP contribution in [0.4, 0.5) is 5.69 Å². The maximum absolute atomic E-state index is 12.8. The van der Waals surface area contributed by atoms with Gasteiger partial charge in [0.05, 0.1) is 11.0 Å². The molecule has 2 N–H and O–H groups in total. The summed E-state index contributed by atoms with van der Waals surface area (Å²) in [6, 6.07) is 11.9. The van der Waals surface area contributed by atoms with Gasteiger partial charge in [-0.05, 0) is 84.8 Å². The van der Waals surface area contributed by atoms with E-state index in [1.54, 1.807) is 0 Å². The first-order valence-electron chi connectivity index (χ1n) is 9.71. The summed E-state index contributed by atoms with van der Waals surface area (Å²) in [4.78, 5) is 28.2. The minimum atomic E-state index is -0.0785. The highest BCUT2D eigenvalue weighted by Crippen LogP contribution is 2.34. The van der Waals surface area contributed by atoms with Crippen molar-refractivity contribution in [3.05, 3.63) is 62.5 Å². The maximum Gasteiger partial charge on any atom is 0.326 e. The van der Waals surface area contributed by atoms with Gasteiger partial charge in [-0.3, -0.25) is 9.36 Å². The van der Waals surface area contributed by atoms with Gasteiger partial charge in [0.2, 0.25) is 5.91 Å². The Morgan fingerprint density at radius 2 is 1.82 bits per heavy atom. The summed E-state index contributed by atoms with van der Waals surface area (Å²) in [5.74, 6) is 0.0741. The summed E-state index contributed by atoms with van der Waals surface area (Å²) in [7, 11) is 0. The molecule has 1 amide bonds. The average molecular weight is 442 g/mol. The van der Waals surface area contributed by atoms with Gasteiger partial charge in [-0.15, -0.1) is 0 Å². The predicted molar refractivity (Wildman–Crippen MR) is 116 cm³/mol. The molecule has 1 saturated carbocycles. The van der Waals surface area contributed by atoms with Crippen LogP contribution in [0.3, 0.4) is 0 Å². The molecule has 1 aromatic heterocycles. The Kier molecular flexibility index (Phi) is 5.15. The number of carbonyl (C=O) groups excluding carboxylic acids is 1. The van der Waals surface area contributed by atoms with Crippen molar-refractivity contribution in [1.82, 2.24) is 9.55 Å². The first-order valence-corrected chi connectivity index (χ1v) is 10.5. The zero-order valence-corrected chi connectivity index (χ0v) is 17.7. The molecule has 1 aliphatic rings. The van der Waals surface area contributed by atoms with E-state index >= 15 is 0 Å². The summed E-state index contributed by atoms with van der Waals surface area (Å²) in [5.41, 5.74) is 4.85. The largest absolute Gasteiger partial charge is 0.326 e. The van der Waals surface area contributed by atoms with Crippen LogP contribution in [0.5, 0.6) is 0 Å². The van der Waals surface area contributed by atoms with Crippen LogP contribution in [0.1, 0.15) is 42.9 Å².